The largest absolute Gasteiger partial charge is 0.416 e. The van der Waals surface area contributed by atoms with E-state index in [1.165, 1.54) is 12.1 Å². The van der Waals surface area contributed by atoms with Gasteiger partial charge in [-0.1, -0.05) is 19.1 Å². The number of benzene rings is 1. The molecule has 0 radical (unpaired) electrons. The number of aliphatic hydroxyl groups is 1. The molecule has 1 aliphatic heterocycles. The maximum absolute atomic E-state index is 12.5. The molecule has 2 unspecified atom stereocenters. The van der Waals surface area contributed by atoms with Crippen LogP contribution in [0.1, 0.15) is 24.5 Å². The maximum atomic E-state index is 12.5. The van der Waals surface area contributed by atoms with Crippen LogP contribution in [-0.4, -0.2) is 23.8 Å². The molecule has 1 aromatic carbocycles. The molecular formula is C14H18F3NO. The smallest absolute Gasteiger partial charge is 0.389 e. The fourth-order valence-electron chi connectivity index (χ4n) is 2.49. The standard InChI is InChI=1S/C14H18F3NO/c1-10-9-18-7-6-13(10,19)8-11-2-4-12(5-3-11)14(15,16)17/h2-5,10,18-19H,6-9H2,1H3. The highest BCUT2D eigenvalue weighted by Crippen LogP contribution is 2.31. The predicted molar refractivity (Wildman–Crippen MR) is 66.7 cm³/mol. The summed E-state index contributed by atoms with van der Waals surface area (Å²) < 4.78 is 37.4. The van der Waals surface area contributed by atoms with Crippen molar-refractivity contribution in [3.63, 3.8) is 0 Å². The van der Waals surface area contributed by atoms with Crippen molar-refractivity contribution in [1.82, 2.24) is 5.32 Å². The van der Waals surface area contributed by atoms with Crippen LogP contribution >= 0.6 is 0 Å². The van der Waals surface area contributed by atoms with Gasteiger partial charge in [0, 0.05) is 13.0 Å². The third kappa shape index (κ3) is 3.28. The second-order valence-corrected chi connectivity index (χ2v) is 5.33. The molecule has 5 heteroatoms. The van der Waals surface area contributed by atoms with Crippen LogP contribution in [0.5, 0.6) is 0 Å². The van der Waals surface area contributed by atoms with E-state index in [4.69, 9.17) is 0 Å². The quantitative estimate of drug-likeness (QED) is 0.868. The number of halogens is 3. The summed E-state index contributed by atoms with van der Waals surface area (Å²) >= 11 is 0. The van der Waals surface area contributed by atoms with Gasteiger partial charge in [-0.25, -0.2) is 0 Å². The van der Waals surface area contributed by atoms with E-state index in [9.17, 15) is 18.3 Å². The van der Waals surface area contributed by atoms with Gasteiger partial charge in [-0.15, -0.1) is 0 Å². The van der Waals surface area contributed by atoms with Crippen LogP contribution in [0.4, 0.5) is 13.2 Å². The van der Waals surface area contributed by atoms with Crippen LogP contribution in [0.3, 0.4) is 0 Å². The highest BCUT2D eigenvalue weighted by molar-refractivity contribution is 5.26. The van der Waals surface area contributed by atoms with E-state index in [0.717, 1.165) is 30.8 Å². The Balaban J connectivity index is 2.11. The summed E-state index contributed by atoms with van der Waals surface area (Å²) in [5, 5.41) is 13.8. The SMILES string of the molecule is CC1CNCCC1(O)Cc1ccc(C(F)(F)F)cc1. The Hall–Kier alpha value is -1.07. The molecule has 1 heterocycles. The number of nitrogens with one attached hydrogen (secondary N) is 1. The Morgan fingerprint density at radius 2 is 1.95 bits per heavy atom. The minimum Gasteiger partial charge on any atom is -0.389 e. The molecule has 0 aromatic heterocycles. The second kappa shape index (κ2) is 5.13. The van der Waals surface area contributed by atoms with Crippen molar-refractivity contribution >= 4 is 0 Å². The lowest BCUT2D eigenvalue weighted by molar-refractivity contribution is -0.137. The Labute approximate surface area is 110 Å². The molecular weight excluding hydrogens is 255 g/mol. The summed E-state index contributed by atoms with van der Waals surface area (Å²) in [4.78, 5) is 0. The van der Waals surface area contributed by atoms with E-state index >= 15 is 0 Å². The summed E-state index contributed by atoms with van der Waals surface area (Å²) in [6, 6.07) is 5.06. The van der Waals surface area contributed by atoms with E-state index in [0.29, 0.717) is 12.8 Å². The van der Waals surface area contributed by atoms with Crippen LogP contribution in [-0.2, 0) is 12.6 Å². The molecule has 2 N–H and O–H groups in total. The molecule has 0 bridgehead atoms. The van der Waals surface area contributed by atoms with Crippen molar-refractivity contribution in [1.29, 1.82) is 0 Å². The summed E-state index contributed by atoms with van der Waals surface area (Å²) in [5.74, 6) is 0.0866. The van der Waals surface area contributed by atoms with Crippen LogP contribution in [0.2, 0.25) is 0 Å². The highest BCUT2D eigenvalue weighted by atomic mass is 19.4. The minimum atomic E-state index is -4.31. The number of rotatable bonds is 2. The van der Waals surface area contributed by atoms with Gasteiger partial charge in [-0.05, 0) is 36.6 Å². The van der Waals surface area contributed by atoms with Crippen molar-refractivity contribution in [2.24, 2.45) is 5.92 Å². The topological polar surface area (TPSA) is 32.3 Å². The van der Waals surface area contributed by atoms with E-state index in [2.05, 4.69) is 5.32 Å². The summed E-state index contributed by atoms with van der Waals surface area (Å²) in [7, 11) is 0. The van der Waals surface area contributed by atoms with E-state index in [-0.39, 0.29) is 5.92 Å². The van der Waals surface area contributed by atoms with Crippen molar-refractivity contribution in [2.45, 2.75) is 31.5 Å². The average molecular weight is 273 g/mol. The third-order valence-electron chi connectivity index (χ3n) is 3.89. The van der Waals surface area contributed by atoms with Crippen molar-refractivity contribution in [2.75, 3.05) is 13.1 Å². The van der Waals surface area contributed by atoms with Crippen molar-refractivity contribution in [3.05, 3.63) is 35.4 Å². The van der Waals surface area contributed by atoms with Gasteiger partial charge in [0.15, 0.2) is 0 Å². The van der Waals surface area contributed by atoms with E-state index < -0.39 is 17.3 Å². The maximum Gasteiger partial charge on any atom is 0.416 e. The van der Waals surface area contributed by atoms with E-state index in [1.54, 1.807) is 0 Å². The summed E-state index contributed by atoms with van der Waals surface area (Å²) in [6.07, 6.45) is -3.29. The molecule has 1 fully saturated rings. The first kappa shape index (κ1) is 14.3. The first-order valence-corrected chi connectivity index (χ1v) is 6.40. The second-order valence-electron chi connectivity index (χ2n) is 5.33. The monoisotopic (exact) mass is 273 g/mol. The summed E-state index contributed by atoms with van der Waals surface area (Å²) in [5.41, 5.74) is -0.740. The van der Waals surface area contributed by atoms with Gasteiger partial charge in [0.05, 0.1) is 11.2 Å². The highest BCUT2D eigenvalue weighted by Gasteiger charge is 2.36. The average Bonchev–Trinajstić information content (AvgIpc) is 2.33. The zero-order chi connectivity index (χ0) is 14.1. The number of alkyl halides is 3. The lowest BCUT2D eigenvalue weighted by Crippen LogP contribution is -2.50. The zero-order valence-electron chi connectivity index (χ0n) is 10.8. The Kier molecular flexibility index (Phi) is 3.87. The molecule has 106 valence electrons. The van der Waals surface area contributed by atoms with Gasteiger partial charge in [0.25, 0.3) is 0 Å². The zero-order valence-corrected chi connectivity index (χ0v) is 10.8. The third-order valence-corrected chi connectivity index (χ3v) is 3.89. The first-order chi connectivity index (χ1) is 8.81. The molecule has 0 spiro atoms. The molecule has 19 heavy (non-hydrogen) atoms. The van der Waals surface area contributed by atoms with Crippen molar-refractivity contribution < 1.29 is 18.3 Å². The number of hydrogen-bond donors (Lipinski definition) is 2. The Morgan fingerprint density at radius 1 is 1.32 bits per heavy atom. The molecule has 2 nitrogen and oxygen atoms in total. The van der Waals surface area contributed by atoms with Crippen LogP contribution in [0.15, 0.2) is 24.3 Å². The molecule has 0 saturated carbocycles. The minimum absolute atomic E-state index is 0.0866. The van der Waals surface area contributed by atoms with Gasteiger partial charge in [-0.2, -0.15) is 13.2 Å². The van der Waals surface area contributed by atoms with Gasteiger partial charge in [-0.3, -0.25) is 0 Å². The van der Waals surface area contributed by atoms with E-state index in [1.807, 2.05) is 6.92 Å². The van der Waals surface area contributed by atoms with Gasteiger partial charge >= 0.3 is 6.18 Å². The molecule has 1 saturated heterocycles. The fourth-order valence-corrected chi connectivity index (χ4v) is 2.49. The fraction of sp³-hybridized carbons (Fsp3) is 0.571. The van der Waals surface area contributed by atoms with Crippen molar-refractivity contribution in [3.8, 4) is 0 Å². The molecule has 0 aliphatic carbocycles. The molecule has 0 amide bonds. The van der Waals surface area contributed by atoms with Gasteiger partial charge in [0.2, 0.25) is 0 Å². The van der Waals surface area contributed by atoms with Gasteiger partial charge in [0.1, 0.15) is 0 Å². The number of hydrogen-bond acceptors (Lipinski definition) is 2. The summed E-state index contributed by atoms with van der Waals surface area (Å²) in [6.45, 7) is 3.43. The predicted octanol–water partition coefficient (Wildman–Crippen LogP) is 2.61. The molecule has 1 aliphatic rings. The Morgan fingerprint density at radius 3 is 2.47 bits per heavy atom. The lowest BCUT2D eigenvalue weighted by Gasteiger charge is -2.38. The lowest BCUT2D eigenvalue weighted by atomic mass is 9.78. The first-order valence-electron chi connectivity index (χ1n) is 6.40. The molecule has 1 aromatic rings. The van der Waals surface area contributed by atoms with Crippen LogP contribution < -0.4 is 5.32 Å². The number of piperidine rings is 1. The molecule has 2 rings (SSSR count). The Bertz CT molecular complexity index is 429. The normalized spacial score (nSPS) is 28.4. The molecule has 2 atom stereocenters. The van der Waals surface area contributed by atoms with Crippen LogP contribution in [0, 0.1) is 5.92 Å². The van der Waals surface area contributed by atoms with Gasteiger partial charge < -0.3 is 10.4 Å². The van der Waals surface area contributed by atoms with Crippen LogP contribution in [0.25, 0.3) is 0 Å².